The first-order chi connectivity index (χ1) is 13.0. The summed E-state index contributed by atoms with van der Waals surface area (Å²) in [5, 5.41) is 11.3. The molecule has 0 spiro atoms. The summed E-state index contributed by atoms with van der Waals surface area (Å²) in [6.45, 7) is -0.758. The zero-order chi connectivity index (χ0) is 19.6. The molecule has 0 unspecified atom stereocenters. The van der Waals surface area contributed by atoms with Crippen LogP contribution in [0.1, 0.15) is 21.5 Å². The van der Waals surface area contributed by atoms with Gasteiger partial charge in [0, 0.05) is 28.9 Å². The lowest BCUT2D eigenvalue weighted by Crippen LogP contribution is -2.46. The maximum absolute atomic E-state index is 12.1. The number of amides is 1. The van der Waals surface area contributed by atoms with E-state index in [1.54, 1.807) is 30.3 Å². The molecule has 0 fully saturated rings. The summed E-state index contributed by atoms with van der Waals surface area (Å²) in [6, 6.07) is 12.9. The molecule has 6 N–H and O–H groups in total. The third kappa shape index (κ3) is 5.72. The van der Waals surface area contributed by atoms with Crippen LogP contribution in [0.15, 0.2) is 48.5 Å². The van der Waals surface area contributed by atoms with Crippen molar-refractivity contribution in [2.45, 2.75) is 6.04 Å². The van der Waals surface area contributed by atoms with E-state index in [4.69, 9.17) is 16.6 Å². The van der Waals surface area contributed by atoms with Crippen molar-refractivity contribution in [2.75, 3.05) is 18.9 Å². The van der Waals surface area contributed by atoms with Crippen LogP contribution in [0, 0.1) is 23.7 Å². The van der Waals surface area contributed by atoms with Crippen LogP contribution in [0.3, 0.4) is 0 Å². The Morgan fingerprint density at radius 3 is 2.33 bits per heavy atom. The molecule has 2 rings (SSSR count). The van der Waals surface area contributed by atoms with E-state index in [2.05, 4.69) is 29.0 Å². The third-order valence-corrected chi connectivity index (χ3v) is 3.66. The van der Waals surface area contributed by atoms with E-state index in [0.717, 1.165) is 0 Å². The van der Waals surface area contributed by atoms with Gasteiger partial charge < -0.3 is 21.9 Å². The summed E-state index contributed by atoms with van der Waals surface area (Å²) in [4.78, 5) is 23.6. The molecule has 0 heterocycles. The second-order valence-electron chi connectivity index (χ2n) is 5.55. The van der Waals surface area contributed by atoms with Crippen LogP contribution in [-0.4, -0.2) is 36.0 Å². The topological polar surface area (TPSA) is 118 Å². The first-order valence-corrected chi connectivity index (χ1v) is 8.16. The highest BCUT2D eigenvalue weighted by atomic mass is 16.3. The first-order valence-electron chi connectivity index (χ1n) is 8.16. The van der Waals surface area contributed by atoms with Crippen molar-refractivity contribution < 1.29 is 14.7 Å². The van der Waals surface area contributed by atoms with Crippen LogP contribution in [-0.2, 0) is 4.79 Å². The van der Waals surface area contributed by atoms with Crippen LogP contribution in [0.5, 0.6) is 0 Å². The average Bonchev–Trinajstić information content (AvgIpc) is 2.70. The molecule has 27 heavy (non-hydrogen) atoms. The number of hydrogen-bond donors (Lipinski definition) is 4. The minimum absolute atomic E-state index is 0.0840. The summed E-state index contributed by atoms with van der Waals surface area (Å²) in [6.07, 6.45) is 0. The summed E-state index contributed by atoms with van der Waals surface area (Å²) in [5.41, 5.74) is 13.6. The van der Waals surface area contributed by atoms with Crippen LogP contribution in [0.2, 0.25) is 0 Å². The number of nitrogen functional groups attached to an aromatic ring is 1. The van der Waals surface area contributed by atoms with Crippen molar-refractivity contribution in [2.24, 2.45) is 5.73 Å². The molecule has 0 radical (unpaired) electrons. The maximum atomic E-state index is 12.1. The summed E-state index contributed by atoms with van der Waals surface area (Å²) >= 11 is 0. The summed E-state index contributed by atoms with van der Waals surface area (Å²) < 4.78 is 0. The fraction of sp³-hybridized carbons (Fsp3) is 0.143. The van der Waals surface area contributed by atoms with Gasteiger partial charge in [-0.3, -0.25) is 9.59 Å². The van der Waals surface area contributed by atoms with Gasteiger partial charge in [-0.25, -0.2) is 0 Å². The molecule has 2 aromatic carbocycles. The van der Waals surface area contributed by atoms with Gasteiger partial charge in [-0.1, -0.05) is 24.0 Å². The number of benzene rings is 2. The van der Waals surface area contributed by atoms with E-state index in [9.17, 15) is 9.59 Å². The Balaban J connectivity index is 2.03. The smallest absolute Gasteiger partial charge is 0.251 e. The number of Topliss-reactive ketones (excluding diaryl/α,β-unsaturated/α-hetero) is 1. The molecule has 0 saturated heterocycles. The molecule has 0 aliphatic rings. The van der Waals surface area contributed by atoms with Gasteiger partial charge in [-0.15, -0.1) is 0 Å². The largest absolute Gasteiger partial charge is 0.398 e. The maximum Gasteiger partial charge on any atom is 0.251 e. The van der Waals surface area contributed by atoms with Gasteiger partial charge >= 0.3 is 0 Å². The van der Waals surface area contributed by atoms with E-state index in [1.807, 2.05) is 18.2 Å². The van der Waals surface area contributed by atoms with Crippen LogP contribution in [0.4, 0.5) is 5.69 Å². The van der Waals surface area contributed by atoms with Gasteiger partial charge in [0.25, 0.3) is 5.91 Å². The zero-order valence-corrected chi connectivity index (χ0v) is 14.5. The van der Waals surface area contributed by atoms with Crippen molar-refractivity contribution in [3.63, 3.8) is 0 Å². The molecule has 2 aromatic rings. The van der Waals surface area contributed by atoms with Gasteiger partial charge in [-0.05, 0) is 48.2 Å². The van der Waals surface area contributed by atoms with Gasteiger partial charge in [0.15, 0.2) is 5.78 Å². The summed E-state index contributed by atoms with van der Waals surface area (Å²) in [7, 11) is 0. The van der Waals surface area contributed by atoms with Crippen LogP contribution >= 0.6 is 0 Å². The Morgan fingerprint density at radius 2 is 1.70 bits per heavy atom. The van der Waals surface area contributed by atoms with E-state index < -0.39 is 24.3 Å². The van der Waals surface area contributed by atoms with Gasteiger partial charge in [-0.2, -0.15) is 0 Å². The molecule has 0 aromatic heterocycles. The van der Waals surface area contributed by atoms with Crippen molar-refractivity contribution in [1.82, 2.24) is 5.32 Å². The number of para-hydroxylation sites is 1. The number of aliphatic hydroxyl groups excluding tert-OH is 1. The van der Waals surface area contributed by atoms with E-state index in [-0.39, 0.29) is 6.54 Å². The SMILES string of the molecule is NC[C@H](NC(=O)c1ccc(C#CC#Cc2ccccc2N)cc1)C(=O)CO. The predicted molar refractivity (Wildman–Crippen MR) is 103 cm³/mol. The highest BCUT2D eigenvalue weighted by molar-refractivity contribution is 5.98. The monoisotopic (exact) mass is 361 g/mol. The fourth-order valence-electron chi connectivity index (χ4n) is 2.14. The Hall–Kier alpha value is -3.58. The molecule has 0 aliphatic carbocycles. The van der Waals surface area contributed by atoms with Gasteiger partial charge in [0.1, 0.15) is 12.6 Å². The van der Waals surface area contributed by atoms with Crippen molar-refractivity contribution in [3.8, 4) is 23.7 Å². The summed E-state index contributed by atoms with van der Waals surface area (Å²) in [5.74, 6) is 10.2. The minimum atomic E-state index is -0.914. The molecule has 0 bridgehead atoms. The number of ketones is 1. The molecule has 0 aliphatic heterocycles. The van der Waals surface area contributed by atoms with Crippen molar-refractivity contribution in [1.29, 1.82) is 0 Å². The second kappa shape index (κ2) is 9.79. The van der Waals surface area contributed by atoms with E-state index in [0.29, 0.717) is 22.4 Å². The lowest BCUT2D eigenvalue weighted by molar-refractivity contribution is -0.123. The number of nitrogens with one attached hydrogen (secondary N) is 1. The Morgan fingerprint density at radius 1 is 1.04 bits per heavy atom. The second-order valence-corrected chi connectivity index (χ2v) is 5.55. The quantitative estimate of drug-likeness (QED) is 0.451. The Labute approximate surface area is 157 Å². The Kier molecular flexibility index (Phi) is 7.16. The molecule has 1 atom stereocenters. The minimum Gasteiger partial charge on any atom is -0.398 e. The van der Waals surface area contributed by atoms with Gasteiger partial charge in [0.05, 0.1) is 0 Å². The molecule has 6 nitrogen and oxygen atoms in total. The molecule has 0 saturated carbocycles. The number of aliphatic hydroxyl groups is 1. The standard InChI is InChI=1S/C21H19N3O3/c22-13-19(20(26)14-25)24-21(27)17-11-9-15(10-12-17)5-1-2-6-16-7-3-4-8-18(16)23/h3-4,7-12,19,25H,13-14,22-23H2,(H,24,27)/t19-/m0/s1. The highest BCUT2D eigenvalue weighted by Crippen LogP contribution is 2.08. The lowest BCUT2D eigenvalue weighted by Gasteiger charge is -2.14. The molecular weight excluding hydrogens is 342 g/mol. The number of hydrogen-bond acceptors (Lipinski definition) is 5. The molecule has 136 valence electrons. The number of carbonyl (C=O) groups excluding carboxylic acids is 2. The number of rotatable bonds is 5. The third-order valence-electron chi connectivity index (χ3n) is 3.66. The predicted octanol–water partition coefficient (Wildman–Crippen LogP) is 0.290. The van der Waals surface area contributed by atoms with Crippen LogP contribution in [0.25, 0.3) is 0 Å². The fourth-order valence-corrected chi connectivity index (χ4v) is 2.14. The van der Waals surface area contributed by atoms with E-state index in [1.165, 1.54) is 0 Å². The zero-order valence-electron chi connectivity index (χ0n) is 14.5. The number of nitrogens with two attached hydrogens (primary N) is 2. The highest BCUT2D eigenvalue weighted by Gasteiger charge is 2.18. The molecular formula is C21H19N3O3. The molecule has 6 heteroatoms. The van der Waals surface area contributed by atoms with Crippen LogP contribution < -0.4 is 16.8 Å². The number of carbonyl (C=O) groups is 2. The van der Waals surface area contributed by atoms with Crippen molar-refractivity contribution in [3.05, 3.63) is 65.2 Å². The van der Waals surface area contributed by atoms with Gasteiger partial charge in [0.2, 0.25) is 0 Å². The first kappa shape index (κ1) is 19.7. The number of anilines is 1. The molecule has 1 amide bonds. The normalized spacial score (nSPS) is 10.6. The van der Waals surface area contributed by atoms with E-state index >= 15 is 0 Å². The average molecular weight is 361 g/mol. The Bertz CT molecular complexity index is 944. The lowest BCUT2D eigenvalue weighted by atomic mass is 10.1. The van der Waals surface area contributed by atoms with Crippen molar-refractivity contribution >= 4 is 17.4 Å².